The predicted octanol–water partition coefficient (Wildman–Crippen LogP) is 2.67. The molecular weight excluding hydrogens is 206 g/mol. The lowest BCUT2D eigenvalue weighted by Gasteiger charge is -2.08. The van der Waals surface area contributed by atoms with Gasteiger partial charge in [0.05, 0.1) is 25.5 Å². The van der Waals surface area contributed by atoms with Crippen molar-refractivity contribution in [2.45, 2.75) is 6.92 Å². The first-order valence-corrected chi connectivity index (χ1v) is 4.88. The smallest absolute Gasteiger partial charge is 0.181 e. The third-order valence-electron chi connectivity index (χ3n) is 2.40. The molecule has 0 saturated carbocycles. The maximum absolute atomic E-state index is 5.33. The summed E-state index contributed by atoms with van der Waals surface area (Å²) in [5.41, 5.74) is 1.71. The van der Waals surface area contributed by atoms with Crippen molar-refractivity contribution in [1.29, 1.82) is 0 Å². The van der Waals surface area contributed by atoms with E-state index in [1.165, 1.54) is 6.39 Å². The van der Waals surface area contributed by atoms with E-state index in [0.717, 1.165) is 22.8 Å². The van der Waals surface area contributed by atoms with Gasteiger partial charge in [0, 0.05) is 6.07 Å². The van der Waals surface area contributed by atoms with Gasteiger partial charge in [-0.25, -0.2) is 4.98 Å². The van der Waals surface area contributed by atoms with E-state index in [1.54, 1.807) is 14.2 Å². The van der Waals surface area contributed by atoms with Gasteiger partial charge in [0.25, 0.3) is 0 Å². The summed E-state index contributed by atoms with van der Waals surface area (Å²) in [5, 5.41) is 0. The molecular formula is C12H13NO3. The van der Waals surface area contributed by atoms with Gasteiger partial charge < -0.3 is 13.9 Å². The van der Waals surface area contributed by atoms with Crippen LogP contribution in [0.4, 0.5) is 0 Å². The molecule has 0 radical (unpaired) electrons. The van der Waals surface area contributed by atoms with Gasteiger partial charge in [-0.15, -0.1) is 0 Å². The minimum absolute atomic E-state index is 0.708. The maximum atomic E-state index is 5.33. The number of hydrogen-bond acceptors (Lipinski definition) is 4. The number of methoxy groups -OCH3 is 2. The minimum Gasteiger partial charge on any atom is -0.497 e. The van der Waals surface area contributed by atoms with Crippen LogP contribution in [0.3, 0.4) is 0 Å². The Kier molecular flexibility index (Phi) is 2.81. The molecule has 0 aliphatic carbocycles. The summed E-state index contributed by atoms with van der Waals surface area (Å²) in [4.78, 5) is 4.06. The van der Waals surface area contributed by atoms with E-state index in [9.17, 15) is 0 Å². The fraction of sp³-hybridized carbons (Fsp3) is 0.250. The summed E-state index contributed by atoms with van der Waals surface area (Å²) in [6, 6.07) is 5.57. The Labute approximate surface area is 93.8 Å². The molecule has 0 spiro atoms. The number of rotatable bonds is 3. The van der Waals surface area contributed by atoms with E-state index in [0.29, 0.717) is 5.75 Å². The van der Waals surface area contributed by atoms with Gasteiger partial charge in [0.15, 0.2) is 12.2 Å². The normalized spacial score (nSPS) is 10.2. The second-order valence-electron chi connectivity index (χ2n) is 3.33. The SMILES string of the molecule is COc1ccc(-c2ocnc2C)c(OC)c1. The molecule has 4 heteroatoms. The average Bonchev–Trinajstić information content (AvgIpc) is 2.74. The lowest BCUT2D eigenvalue weighted by atomic mass is 10.1. The molecule has 2 rings (SSSR count). The number of oxazole rings is 1. The number of nitrogens with zero attached hydrogens (tertiary/aromatic N) is 1. The zero-order valence-corrected chi connectivity index (χ0v) is 9.48. The molecule has 84 valence electrons. The molecule has 16 heavy (non-hydrogen) atoms. The molecule has 0 saturated heterocycles. The van der Waals surface area contributed by atoms with Gasteiger partial charge in [0.1, 0.15) is 11.5 Å². The van der Waals surface area contributed by atoms with E-state index < -0.39 is 0 Å². The fourth-order valence-corrected chi connectivity index (χ4v) is 1.55. The van der Waals surface area contributed by atoms with Crippen molar-refractivity contribution in [2.75, 3.05) is 14.2 Å². The highest BCUT2D eigenvalue weighted by Gasteiger charge is 2.13. The second-order valence-corrected chi connectivity index (χ2v) is 3.33. The topological polar surface area (TPSA) is 44.5 Å². The lowest BCUT2D eigenvalue weighted by Crippen LogP contribution is -1.90. The van der Waals surface area contributed by atoms with Crippen molar-refractivity contribution in [3.8, 4) is 22.8 Å². The summed E-state index contributed by atoms with van der Waals surface area (Å²) in [5.74, 6) is 2.18. The van der Waals surface area contributed by atoms with Crippen LogP contribution in [0.25, 0.3) is 11.3 Å². The van der Waals surface area contributed by atoms with Crippen LogP contribution in [-0.2, 0) is 0 Å². The van der Waals surface area contributed by atoms with Gasteiger partial charge in [-0.3, -0.25) is 0 Å². The molecule has 0 unspecified atom stereocenters. The summed E-state index contributed by atoms with van der Waals surface area (Å²) in [6.45, 7) is 1.89. The Morgan fingerprint density at radius 2 is 2.00 bits per heavy atom. The summed E-state index contributed by atoms with van der Waals surface area (Å²) in [7, 11) is 3.23. The molecule has 1 aromatic carbocycles. The van der Waals surface area contributed by atoms with Crippen molar-refractivity contribution in [1.82, 2.24) is 4.98 Å². The molecule has 0 amide bonds. The largest absolute Gasteiger partial charge is 0.497 e. The van der Waals surface area contributed by atoms with Crippen LogP contribution in [0.15, 0.2) is 29.0 Å². The van der Waals surface area contributed by atoms with Crippen LogP contribution in [0.2, 0.25) is 0 Å². The van der Waals surface area contributed by atoms with E-state index >= 15 is 0 Å². The summed E-state index contributed by atoms with van der Waals surface area (Å²) >= 11 is 0. The highest BCUT2D eigenvalue weighted by Crippen LogP contribution is 2.34. The van der Waals surface area contributed by atoms with Crippen LogP contribution in [0, 0.1) is 6.92 Å². The zero-order chi connectivity index (χ0) is 11.5. The molecule has 0 atom stereocenters. The molecule has 0 bridgehead atoms. The van der Waals surface area contributed by atoms with Gasteiger partial charge in [0.2, 0.25) is 0 Å². The molecule has 2 aromatic rings. The van der Waals surface area contributed by atoms with Gasteiger partial charge in [-0.2, -0.15) is 0 Å². The van der Waals surface area contributed by atoms with E-state index in [4.69, 9.17) is 13.9 Å². The summed E-state index contributed by atoms with van der Waals surface area (Å²) in [6.07, 6.45) is 1.42. The number of ether oxygens (including phenoxy) is 2. The maximum Gasteiger partial charge on any atom is 0.181 e. The first kappa shape index (κ1) is 10.5. The van der Waals surface area contributed by atoms with Crippen LogP contribution < -0.4 is 9.47 Å². The van der Waals surface area contributed by atoms with Gasteiger partial charge >= 0.3 is 0 Å². The Hall–Kier alpha value is -1.97. The van der Waals surface area contributed by atoms with Crippen LogP contribution in [0.5, 0.6) is 11.5 Å². The molecule has 0 N–H and O–H groups in total. The van der Waals surface area contributed by atoms with Crippen LogP contribution >= 0.6 is 0 Å². The molecule has 0 fully saturated rings. The number of benzene rings is 1. The third kappa shape index (κ3) is 1.74. The Morgan fingerprint density at radius 1 is 1.19 bits per heavy atom. The number of hydrogen-bond donors (Lipinski definition) is 0. The third-order valence-corrected chi connectivity index (χ3v) is 2.40. The Bertz CT molecular complexity index is 491. The van der Waals surface area contributed by atoms with Gasteiger partial charge in [-0.1, -0.05) is 0 Å². The fourth-order valence-electron chi connectivity index (χ4n) is 1.55. The highest BCUT2D eigenvalue weighted by atomic mass is 16.5. The lowest BCUT2D eigenvalue weighted by molar-refractivity contribution is 0.394. The Balaban J connectivity index is 2.53. The standard InChI is InChI=1S/C12H13NO3/c1-8-12(16-7-13-8)10-5-4-9(14-2)6-11(10)15-3/h4-7H,1-3H3. The van der Waals surface area contributed by atoms with Crippen LogP contribution in [-0.4, -0.2) is 19.2 Å². The van der Waals surface area contributed by atoms with E-state index in [1.807, 2.05) is 25.1 Å². The van der Waals surface area contributed by atoms with Crippen molar-refractivity contribution < 1.29 is 13.9 Å². The van der Waals surface area contributed by atoms with Crippen molar-refractivity contribution in [2.24, 2.45) is 0 Å². The second kappa shape index (κ2) is 4.26. The van der Waals surface area contributed by atoms with Gasteiger partial charge in [-0.05, 0) is 19.1 Å². The number of aromatic nitrogens is 1. The van der Waals surface area contributed by atoms with Crippen LogP contribution in [0.1, 0.15) is 5.69 Å². The van der Waals surface area contributed by atoms with E-state index in [-0.39, 0.29) is 0 Å². The predicted molar refractivity (Wildman–Crippen MR) is 59.8 cm³/mol. The first-order chi connectivity index (χ1) is 7.76. The first-order valence-electron chi connectivity index (χ1n) is 4.88. The quantitative estimate of drug-likeness (QED) is 0.796. The molecule has 1 aromatic heterocycles. The summed E-state index contributed by atoms with van der Waals surface area (Å²) < 4.78 is 15.8. The zero-order valence-electron chi connectivity index (χ0n) is 9.48. The molecule has 1 heterocycles. The highest BCUT2D eigenvalue weighted by molar-refractivity contribution is 5.68. The Morgan fingerprint density at radius 3 is 2.56 bits per heavy atom. The average molecular weight is 219 g/mol. The molecule has 4 nitrogen and oxygen atoms in total. The van der Waals surface area contributed by atoms with Crippen molar-refractivity contribution in [3.63, 3.8) is 0 Å². The minimum atomic E-state index is 0.708. The number of aryl methyl sites for hydroxylation is 1. The van der Waals surface area contributed by atoms with Crippen molar-refractivity contribution >= 4 is 0 Å². The molecule has 0 aliphatic heterocycles. The van der Waals surface area contributed by atoms with Crippen molar-refractivity contribution in [3.05, 3.63) is 30.3 Å². The van der Waals surface area contributed by atoms with E-state index in [2.05, 4.69) is 4.98 Å². The monoisotopic (exact) mass is 219 g/mol. The molecule has 0 aliphatic rings.